The lowest BCUT2D eigenvalue weighted by molar-refractivity contribution is -0.139. The second-order valence-electron chi connectivity index (χ2n) is 4.17. The highest BCUT2D eigenvalue weighted by Gasteiger charge is 2.27. The van der Waals surface area contributed by atoms with Crippen LogP contribution in [-0.2, 0) is 16.0 Å². The van der Waals surface area contributed by atoms with Gasteiger partial charge in [-0.05, 0) is 38.5 Å². The molecule has 0 spiro atoms. The number of carbonyl (C=O) groups excluding carboxylic acids is 1. The zero-order valence-corrected chi connectivity index (χ0v) is 9.92. The number of hydrogen-bond acceptors (Lipinski definition) is 2. The van der Waals surface area contributed by atoms with Crippen molar-refractivity contribution >= 4 is 5.78 Å². The SMILES string of the molecule is CCOC(C)(C)C(=O)Cc1ccc(F)cc1. The molecule has 0 heterocycles. The minimum atomic E-state index is -0.775. The van der Waals surface area contributed by atoms with E-state index in [0.717, 1.165) is 5.56 Å². The Morgan fingerprint density at radius 2 is 1.88 bits per heavy atom. The second-order valence-corrected chi connectivity index (χ2v) is 4.17. The van der Waals surface area contributed by atoms with Crippen molar-refractivity contribution in [2.45, 2.75) is 32.8 Å². The summed E-state index contributed by atoms with van der Waals surface area (Å²) in [5.74, 6) is -0.291. The molecular weight excluding hydrogens is 207 g/mol. The van der Waals surface area contributed by atoms with Crippen molar-refractivity contribution in [1.82, 2.24) is 0 Å². The van der Waals surface area contributed by atoms with E-state index < -0.39 is 5.60 Å². The number of ether oxygens (including phenoxy) is 1. The summed E-state index contributed by atoms with van der Waals surface area (Å²) in [5, 5.41) is 0. The molecule has 0 aromatic heterocycles. The minimum absolute atomic E-state index is 0.000887. The predicted molar refractivity (Wildman–Crippen MR) is 60.8 cm³/mol. The van der Waals surface area contributed by atoms with E-state index in [2.05, 4.69) is 0 Å². The molecule has 0 radical (unpaired) electrons. The molecule has 0 aliphatic rings. The summed E-state index contributed by atoms with van der Waals surface area (Å²) in [6.07, 6.45) is 0.271. The Hall–Kier alpha value is -1.22. The number of benzene rings is 1. The van der Waals surface area contributed by atoms with E-state index in [-0.39, 0.29) is 18.0 Å². The lowest BCUT2D eigenvalue weighted by Crippen LogP contribution is -2.36. The van der Waals surface area contributed by atoms with Crippen LogP contribution in [0.25, 0.3) is 0 Å². The number of Topliss-reactive ketones (excluding diaryl/α,β-unsaturated/α-hetero) is 1. The molecule has 0 N–H and O–H groups in total. The fourth-order valence-corrected chi connectivity index (χ4v) is 1.44. The van der Waals surface area contributed by atoms with Gasteiger partial charge < -0.3 is 4.74 Å². The molecule has 0 aliphatic heterocycles. The molecule has 0 amide bonds. The van der Waals surface area contributed by atoms with E-state index in [1.807, 2.05) is 6.92 Å². The molecule has 0 atom stereocenters. The van der Waals surface area contributed by atoms with Crippen molar-refractivity contribution in [1.29, 1.82) is 0 Å². The van der Waals surface area contributed by atoms with Gasteiger partial charge in [0.1, 0.15) is 11.4 Å². The van der Waals surface area contributed by atoms with Crippen LogP contribution in [0.4, 0.5) is 4.39 Å². The van der Waals surface area contributed by atoms with Gasteiger partial charge in [0.2, 0.25) is 0 Å². The molecule has 16 heavy (non-hydrogen) atoms. The average molecular weight is 224 g/mol. The van der Waals surface area contributed by atoms with Crippen LogP contribution >= 0.6 is 0 Å². The first-order chi connectivity index (χ1) is 7.45. The number of halogens is 1. The lowest BCUT2D eigenvalue weighted by atomic mass is 9.97. The van der Waals surface area contributed by atoms with Gasteiger partial charge in [0, 0.05) is 13.0 Å². The van der Waals surface area contributed by atoms with Crippen LogP contribution < -0.4 is 0 Å². The lowest BCUT2D eigenvalue weighted by Gasteiger charge is -2.22. The van der Waals surface area contributed by atoms with E-state index in [0.29, 0.717) is 6.61 Å². The summed E-state index contributed by atoms with van der Waals surface area (Å²) in [6.45, 7) is 5.86. The van der Waals surface area contributed by atoms with Crippen molar-refractivity contribution in [2.75, 3.05) is 6.61 Å². The van der Waals surface area contributed by atoms with Crippen LogP contribution in [0.1, 0.15) is 26.3 Å². The van der Waals surface area contributed by atoms with Crippen molar-refractivity contribution < 1.29 is 13.9 Å². The Labute approximate surface area is 95.4 Å². The maximum Gasteiger partial charge on any atom is 0.168 e. The van der Waals surface area contributed by atoms with Gasteiger partial charge in [-0.3, -0.25) is 4.79 Å². The predicted octanol–water partition coefficient (Wildman–Crippen LogP) is 2.75. The Morgan fingerprint density at radius 3 is 2.38 bits per heavy atom. The number of ketones is 1. The maximum absolute atomic E-state index is 12.7. The van der Waals surface area contributed by atoms with Crippen LogP contribution in [-0.4, -0.2) is 18.0 Å². The fraction of sp³-hybridized carbons (Fsp3) is 0.462. The van der Waals surface area contributed by atoms with Gasteiger partial charge in [-0.15, -0.1) is 0 Å². The molecular formula is C13H17FO2. The normalized spacial score (nSPS) is 11.5. The smallest absolute Gasteiger partial charge is 0.168 e. The summed E-state index contributed by atoms with van der Waals surface area (Å²) in [6, 6.07) is 5.96. The molecule has 1 rings (SSSR count). The molecule has 0 unspecified atom stereocenters. The monoisotopic (exact) mass is 224 g/mol. The highest BCUT2D eigenvalue weighted by Crippen LogP contribution is 2.14. The van der Waals surface area contributed by atoms with Gasteiger partial charge in [0.25, 0.3) is 0 Å². The van der Waals surface area contributed by atoms with Gasteiger partial charge in [-0.25, -0.2) is 4.39 Å². The molecule has 0 fully saturated rings. The largest absolute Gasteiger partial charge is 0.368 e. The summed E-state index contributed by atoms with van der Waals surface area (Å²) >= 11 is 0. The second kappa shape index (κ2) is 5.21. The molecule has 1 aromatic rings. The average Bonchev–Trinajstić information content (AvgIpc) is 2.21. The first-order valence-electron chi connectivity index (χ1n) is 5.37. The molecule has 0 bridgehead atoms. The number of rotatable bonds is 5. The third-order valence-electron chi connectivity index (χ3n) is 2.45. The van der Waals surface area contributed by atoms with Crippen LogP contribution in [0.2, 0.25) is 0 Å². The van der Waals surface area contributed by atoms with E-state index in [1.54, 1.807) is 26.0 Å². The molecule has 0 saturated heterocycles. The van der Waals surface area contributed by atoms with Crippen LogP contribution in [0.15, 0.2) is 24.3 Å². The van der Waals surface area contributed by atoms with E-state index >= 15 is 0 Å². The third kappa shape index (κ3) is 3.42. The molecule has 0 saturated carbocycles. The summed E-state index contributed by atoms with van der Waals surface area (Å²) in [5.41, 5.74) is 0.0301. The Kier molecular flexibility index (Phi) is 4.19. The highest BCUT2D eigenvalue weighted by atomic mass is 19.1. The summed E-state index contributed by atoms with van der Waals surface area (Å²) in [7, 11) is 0. The third-order valence-corrected chi connectivity index (χ3v) is 2.45. The van der Waals surface area contributed by atoms with E-state index in [9.17, 15) is 9.18 Å². The highest BCUT2D eigenvalue weighted by molar-refractivity contribution is 5.88. The van der Waals surface area contributed by atoms with Gasteiger partial charge in [-0.1, -0.05) is 12.1 Å². The van der Waals surface area contributed by atoms with Crippen molar-refractivity contribution in [3.63, 3.8) is 0 Å². The first-order valence-corrected chi connectivity index (χ1v) is 5.37. The van der Waals surface area contributed by atoms with E-state index in [4.69, 9.17) is 4.74 Å². The standard InChI is InChI=1S/C13H17FO2/c1-4-16-13(2,3)12(15)9-10-5-7-11(14)8-6-10/h5-8H,4,9H2,1-3H3. The topological polar surface area (TPSA) is 26.3 Å². The zero-order valence-electron chi connectivity index (χ0n) is 9.92. The summed E-state index contributed by atoms with van der Waals surface area (Å²) in [4.78, 5) is 11.9. The molecule has 88 valence electrons. The van der Waals surface area contributed by atoms with Gasteiger partial charge in [0.15, 0.2) is 5.78 Å². The van der Waals surface area contributed by atoms with E-state index in [1.165, 1.54) is 12.1 Å². The molecule has 3 heteroatoms. The maximum atomic E-state index is 12.7. The molecule has 1 aromatic carbocycles. The fourth-order valence-electron chi connectivity index (χ4n) is 1.44. The Morgan fingerprint density at radius 1 is 1.31 bits per heavy atom. The van der Waals surface area contributed by atoms with Gasteiger partial charge in [-0.2, -0.15) is 0 Å². The van der Waals surface area contributed by atoms with Gasteiger partial charge in [0.05, 0.1) is 0 Å². The van der Waals surface area contributed by atoms with Crippen LogP contribution in [0.5, 0.6) is 0 Å². The van der Waals surface area contributed by atoms with Crippen molar-refractivity contribution in [3.8, 4) is 0 Å². The van der Waals surface area contributed by atoms with Crippen molar-refractivity contribution in [2.24, 2.45) is 0 Å². The quantitative estimate of drug-likeness (QED) is 0.768. The summed E-state index contributed by atoms with van der Waals surface area (Å²) < 4.78 is 18.0. The van der Waals surface area contributed by atoms with Gasteiger partial charge >= 0.3 is 0 Å². The first kappa shape index (κ1) is 12.8. The minimum Gasteiger partial charge on any atom is -0.368 e. The molecule has 2 nitrogen and oxygen atoms in total. The van der Waals surface area contributed by atoms with Crippen molar-refractivity contribution in [3.05, 3.63) is 35.6 Å². The zero-order chi connectivity index (χ0) is 12.2. The van der Waals surface area contributed by atoms with Crippen LogP contribution in [0, 0.1) is 5.82 Å². The number of carbonyl (C=O) groups is 1. The Bertz CT molecular complexity index is 355. The Balaban J connectivity index is 2.67. The molecule has 0 aliphatic carbocycles. The number of hydrogen-bond donors (Lipinski definition) is 0. The van der Waals surface area contributed by atoms with Crippen LogP contribution in [0.3, 0.4) is 0 Å².